The molecule has 1 aliphatic heterocycles. The van der Waals surface area contributed by atoms with Gasteiger partial charge in [-0.1, -0.05) is 30.3 Å². The van der Waals surface area contributed by atoms with Crippen molar-refractivity contribution in [2.45, 2.75) is 32.4 Å². The number of furan rings is 1. The van der Waals surface area contributed by atoms with Gasteiger partial charge in [0.15, 0.2) is 0 Å². The van der Waals surface area contributed by atoms with Crippen molar-refractivity contribution >= 4 is 17.5 Å². The van der Waals surface area contributed by atoms with Crippen LogP contribution in [0.2, 0.25) is 0 Å². The lowest BCUT2D eigenvalue weighted by Crippen LogP contribution is -2.51. The van der Waals surface area contributed by atoms with Gasteiger partial charge >= 0.3 is 0 Å². The summed E-state index contributed by atoms with van der Waals surface area (Å²) in [6.45, 7) is 3.83. The number of anilines is 1. The minimum atomic E-state index is -0.897. The maximum Gasteiger partial charge on any atom is 0.251 e. The van der Waals surface area contributed by atoms with Gasteiger partial charge in [0.1, 0.15) is 17.6 Å². The van der Waals surface area contributed by atoms with Crippen LogP contribution in [-0.2, 0) is 9.59 Å². The molecule has 29 heavy (non-hydrogen) atoms. The van der Waals surface area contributed by atoms with E-state index in [1.807, 2.05) is 32.0 Å². The average Bonchev–Trinajstić information content (AvgIpc) is 3.22. The van der Waals surface area contributed by atoms with E-state index in [0.29, 0.717) is 17.0 Å². The van der Waals surface area contributed by atoms with Crippen LogP contribution < -0.4 is 5.32 Å². The summed E-state index contributed by atoms with van der Waals surface area (Å²) in [7, 11) is 0. The van der Waals surface area contributed by atoms with Crippen molar-refractivity contribution in [2.75, 3.05) is 5.32 Å². The Kier molecular flexibility index (Phi) is 4.92. The van der Waals surface area contributed by atoms with Gasteiger partial charge in [-0.15, -0.1) is 0 Å². The highest BCUT2D eigenvalue weighted by Crippen LogP contribution is 2.42. The molecule has 0 bridgehead atoms. The maximum atomic E-state index is 13.5. The Morgan fingerprint density at radius 1 is 1.10 bits per heavy atom. The van der Waals surface area contributed by atoms with Crippen LogP contribution in [-0.4, -0.2) is 16.7 Å². The van der Waals surface area contributed by atoms with Crippen LogP contribution >= 0.6 is 0 Å². The van der Waals surface area contributed by atoms with Gasteiger partial charge in [0.25, 0.3) is 5.91 Å². The normalized spacial score (nSPS) is 17.0. The quantitative estimate of drug-likeness (QED) is 0.641. The van der Waals surface area contributed by atoms with E-state index in [4.69, 9.17) is 4.42 Å². The number of aryl methyl sites for hydroxylation is 2. The second-order valence-corrected chi connectivity index (χ2v) is 7.25. The number of benzene rings is 2. The van der Waals surface area contributed by atoms with Crippen LogP contribution in [0, 0.1) is 19.7 Å². The lowest BCUT2D eigenvalue weighted by atomic mass is 9.92. The summed E-state index contributed by atoms with van der Waals surface area (Å²) in [4.78, 5) is 27.4. The molecule has 2 atom stereocenters. The summed E-state index contributed by atoms with van der Waals surface area (Å²) >= 11 is 0. The van der Waals surface area contributed by atoms with Gasteiger partial charge in [0, 0.05) is 5.69 Å². The van der Waals surface area contributed by atoms with Crippen molar-refractivity contribution in [3.8, 4) is 0 Å². The molecular weight excluding hydrogens is 371 g/mol. The molecule has 0 radical (unpaired) electrons. The first-order chi connectivity index (χ1) is 14.0. The highest BCUT2D eigenvalue weighted by molar-refractivity contribution is 6.00. The lowest BCUT2D eigenvalue weighted by Gasteiger charge is -2.44. The van der Waals surface area contributed by atoms with Crippen molar-refractivity contribution in [1.82, 2.24) is 4.90 Å². The SMILES string of the molecule is Cc1cccc(C)c1NC(=O)[C@@H](c1ccc(F)cc1)N1C(=O)C[C@@H]1c1ccco1. The monoisotopic (exact) mass is 392 g/mol. The zero-order valence-electron chi connectivity index (χ0n) is 16.2. The van der Waals surface area contributed by atoms with E-state index >= 15 is 0 Å². The van der Waals surface area contributed by atoms with Crippen LogP contribution in [0.1, 0.15) is 41.0 Å². The third kappa shape index (κ3) is 3.53. The molecule has 2 amide bonds. The molecule has 148 valence electrons. The third-order valence-electron chi connectivity index (χ3n) is 5.30. The second-order valence-electron chi connectivity index (χ2n) is 7.25. The average molecular weight is 392 g/mol. The fourth-order valence-corrected chi connectivity index (χ4v) is 3.76. The van der Waals surface area contributed by atoms with Crippen LogP contribution in [0.5, 0.6) is 0 Å². The van der Waals surface area contributed by atoms with Gasteiger partial charge in [-0.3, -0.25) is 9.59 Å². The van der Waals surface area contributed by atoms with Crippen LogP contribution in [0.15, 0.2) is 65.3 Å². The Morgan fingerprint density at radius 3 is 2.38 bits per heavy atom. The summed E-state index contributed by atoms with van der Waals surface area (Å²) < 4.78 is 19.0. The maximum absolute atomic E-state index is 13.5. The minimum absolute atomic E-state index is 0.155. The predicted octanol–water partition coefficient (Wildman–Crippen LogP) is 4.69. The first-order valence-corrected chi connectivity index (χ1v) is 9.43. The van der Waals surface area contributed by atoms with E-state index in [0.717, 1.165) is 11.1 Å². The lowest BCUT2D eigenvalue weighted by molar-refractivity contribution is -0.155. The Bertz CT molecular complexity index is 1020. The number of nitrogens with zero attached hydrogens (tertiary/aromatic N) is 1. The van der Waals surface area contributed by atoms with Crippen molar-refractivity contribution < 1.29 is 18.4 Å². The molecule has 1 saturated heterocycles. The van der Waals surface area contributed by atoms with E-state index in [1.54, 1.807) is 18.4 Å². The molecule has 1 N–H and O–H groups in total. The molecule has 0 saturated carbocycles. The summed E-state index contributed by atoms with van der Waals surface area (Å²) in [5.74, 6) is -0.284. The molecule has 0 aliphatic carbocycles. The van der Waals surface area contributed by atoms with E-state index in [9.17, 15) is 14.0 Å². The topological polar surface area (TPSA) is 62.6 Å². The number of amides is 2. The number of rotatable bonds is 5. The van der Waals surface area contributed by atoms with Crippen LogP contribution in [0.3, 0.4) is 0 Å². The van der Waals surface area contributed by atoms with E-state index < -0.39 is 11.9 Å². The molecule has 2 heterocycles. The standard InChI is InChI=1S/C23H21FN2O3/c1-14-5-3-6-15(2)21(14)25-23(28)22(16-8-10-17(24)11-9-16)26-18(13-20(26)27)19-7-4-12-29-19/h3-12,18,22H,13H2,1-2H3,(H,25,28)/t18-,22-/m1/s1. The zero-order chi connectivity index (χ0) is 20.5. The smallest absolute Gasteiger partial charge is 0.251 e. The molecule has 6 heteroatoms. The highest BCUT2D eigenvalue weighted by atomic mass is 19.1. The van der Waals surface area contributed by atoms with Gasteiger partial charge in [-0.25, -0.2) is 4.39 Å². The third-order valence-corrected chi connectivity index (χ3v) is 5.30. The van der Waals surface area contributed by atoms with Gasteiger partial charge in [-0.2, -0.15) is 0 Å². The van der Waals surface area contributed by atoms with Crippen molar-refractivity contribution in [2.24, 2.45) is 0 Å². The molecule has 1 fully saturated rings. The van der Waals surface area contributed by atoms with Gasteiger partial charge < -0.3 is 14.6 Å². The molecule has 4 rings (SSSR count). The molecule has 3 aromatic rings. The fraction of sp³-hybridized carbons (Fsp3) is 0.217. The van der Waals surface area contributed by atoms with Crippen molar-refractivity contribution in [3.05, 3.63) is 89.1 Å². The number of β-lactam (4-membered cyclic amide) rings is 1. The van der Waals surface area contributed by atoms with Crippen LogP contribution in [0.25, 0.3) is 0 Å². The van der Waals surface area contributed by atoms with Gasteiger partial charge in [0.2, 0.25) is 5.91 Å². The number of carbonyl (C=O) groups is 2. The summed E-state index contributed by atoms with van der Waals surface area (Å²) in [6.07, 6.45) is 1.81. The number of hydrogen-bond acceptors (Lipinski definition) is 3. The molecule has 0 spiro atoms. The van der Waals surface area contributed by atoms with Crippen LogP contribution in [0.4, 0.5) is 10.1 Å². The Balaban J connectivity index is 1.71. The molecule has 2 aromatic carbocycles. The van der Waals surface area contributed by atoms with Crippen molar-refractivity contribution in [1.29, 1.82) is 0 Å². The van der Waals surface area contributed by atoms with Gasteiger partial charge in [0.05, 0.1) is 18.7 Å². The van der Waals surface area contributed by atoms with E-state index in [2.05, 4.69) is 5.32 Å². The summed E-state index contributed by atoms with van der Waals surface area (Å²) in [5, 5.41) is 2.97. The molecule has 0 unspecified atom stereocenters. The molecular formula is C23H21FN2O3. The number of nitrogens with one attached hydrogen (secondary N) is 1. The van der Waals surface area contributed by atoms with E-state index in [1.165, 1.54) is 29.2 Å². The second kappa shape index (κ2) is 7.54. The number of hydrogen-bond donors (Lipinski definition) is 1. The number of carbonyl (C=O) groups excluding carboxylic acids is 2. The van der Waals surface area contributed by atoms with Crippen molar-refractivity contribution in [3.63, 3.8) is 0 Å². The number of likely N-dealkylation sites (tertiary alicyclic amines) is 1. The Labute approximate surface area is 168 Å². The Morgan fingerprint density at radius 2 is 1.79 bits per heavy atom. The summed E-state index contributed by atoms with van der Waals surface area (Å²) in [5.41, 5.74) is 3.11. The highest BCUT2D eigenvalue weighted by Gasteiger charge is 2.46. The predicted molar refractivity (Wildman–Crippen MR) is 107 cm³/mol. The Hall–Kier alpha value is -3.41. The minimum Gasteiger partial charge on any atom is -0.467 e. The van der Waals surface area contributed by atoms with E-state index in [-0.39, 0.29) is 24.3 Å². The number of halogens is 1. The molecule has 1 aliphatic rings. The van der Waals surface area contributed by atoms with Gasteiger partial charge in [-0.05, 0) is 54.8 Å². The molecule has 5 nitrogen and oxygen atoms in total. The number of para-hydroxylation sites is 1. The zero-order valence-corrected chi connectivity index (χ0v) is 16.2. The first kappa shape index (κ1) is 18.9. The largest absolute Gasteiger partial charge is 0.467 e. The fourth-order valence-electron chi connectivity index (χ4n) is 3.76. The summed E-state index contributed by atoms with van der Waals surface area (Å²) in [6, 6.07) is 13.7. The molecule has 1 aromatic heterocycles. The first-order valence-electron chi connectivity index (χ1n) is 9.43.